The topological polar surface area (TPSA) is 46.2 Å². The van der Waals surface area contributed by atoms with E-state index < -0.39 is 11.6 Å². The van der Waals surface area contributed by atoms with Crippen molar-refractivity contribution < 1.29 is 23.7 Å². The van der Waals surface area contributed by atoms with E-state index in [1.54, 1.807) is 0 Å². The maximum atomic E-state index is 6.57. The molecule has 0 bridgehead atoms. The second kappa shape index (κ2) is 6.05. The van der Waals surface area contributed by atoms with E-state index in [1.165, 1.54) is 0 Å². The number of rotatable bonds is 2. The summed E-state index contributed by atoms with van der Waals surface area (Å²) in [5, 5.41) is 0. The minimum atomic E-state index is -0.608. The van der Waals surface area contributed by atoms with Gasteiger partial charge in [0.2, 0.25) is 11.6 Å². The summed E-state index contributed by atoms with van der Waals surface area (Å²) < 4.78 is 31.0. The van der Waals surface area contributed by atoms with Crippen molar-refractivity contribution in [3.05, 3.63) is 17.2 Å². The van der Waals surface area contributed by atoms with Crippen LogP contribution in [0.25, 0.3) is 0 Å². The Bertz CT molecular complexity index is 858. The highest BCUT2D eigenvalue weighted by molar-refractivity contribution is 5.60. The van der Waals surface area contributed by atoms with Gasteiger partial charge < -0.3 is 23.7 Å². The van der Waals surface area contributed by atoms with Crippen molar-refractivity contribution in [2.45, 2.75) is 52.1 Å². The van der Waals surface area contributed by atoms with Crippen molar-refractivity contribution in [2.75, 3.05) is 19.8 Å². The van der Waals surface area contributed by atoms with E-state index in [4.69, 9.17) is 30.1 Å². The average Bonchev–Trinajstić information content (AvgIpc) is 3.12. The molecule has 0 saturated carbocycles. The van der Waals surface area contributed by atoms with Gasteiger partial charge in [-0.3, -0.25) is 0 Å². The molecule has 150 valence electrons. The Kier molecular flexibility index (Phi) is 3.92. The standard InChI is InChI=1S/C23H28O5/c1-6-7-24-19-10-20-16(9-17-13(2)11-25-22(17,4)27-20)21-15(19)8-18-14(3)12-26-23(18,5)28-21/h1,10,13-14,17-18H,7-9,11-12H2,2-5H3. The van der Waals surface area contributed by atoms with Gasteiger partial charge in [-0.25, -0.2) is 0 Å². The van der Waals surface area contributed by atoms with Gasteiger partial charge in [-0.2, -0.15) is 0 Å². The van der Waals surface area contributed by atoms with Crippen LogP contribution in [0.4, 0.5) is 0 Å². The lowest BCUT2D eigenvalue weighted by molar-refractivity contribution is -0.174. The molecule has 0 spiro atoms. The van der Waals surface area contributed by atoms with E-state index in [0.717, 1.165) is 41.2 Å². The quantitative estimate of drug-likeness (QED) is 0.730. The Balaban J connectivity index is 1.63. The first-order valence-electron chi connectivity index (χ1n) is 10.3. The minimum absolute atomic E-state index is 0.215. The predicted octanol–water partition coefficient (Wildman–Crippen LogP) is 3.57. The van der Waals surface area contributed by atoms with E-state index in [9.17, 15) is 0 Å². The average molecular weight is 384 g/mol. The number of terminal acetylenes is 1. The summed E-state index contributed by atoms with van der Waals surface area (Å²) in [6.45, 7) is 10.2. The largest absolute Gasteiger partial charge is 0.480 e. The summed E-state index contributed by atoms with van der Waals surface area (Å²) in [6, 6.07) is 1.98. The van der Waals surface area contributed by atoms with Crippen LogP contribution in [0.5, 0.6) is 17.2 Å². The number of hydrogen-bond donors (Lipinski definition) is 0. The van der Waals surface area contributed by atoms with Crippen LogP contribution in [-0.2, 0) is 22.3 Å². The molecule has 2 fully saturated rings. The number of ether oxygens (including phenoxy) is 5. The van der Waals surface area contributed by atoms with Crippen LogP contribution in [0, 0.1) is 36.0 Å². The monoisotopic (exact) mass is 384 g/mol. The van der Waals surface area contributed by atoms with Gasteiger partial charge >= 0.3 is 0 Å². The Morgan fingerprint density at radius 3 is 2.29 bits per heavy atom. The SMILES string of the molecule is C#CCOc1cc2c(c3c1CC1C(C)COC1(C)O3)CC1C(C)COC1(C)O2. The molecule has 0 aliphatic carbocycles. The molecule has 5 nitrogen and oxygen atoms in total. The zero-order valence-corrected chi connectivity index (χ0v) is 17.0. The molecule has 4 aliphatic heterocycles. The second-order valence-corrected chi connectivity index (χ2v) is 9.09. The summed E-state index contributed by atoms with van der Waals surface area (Å²) in [7, 11) is 0. The first-order valence-corrected chi connectivity index (χ1v) is 10.3. The summed E-state index contributed by atoms with van der Waals surface area (Å²) in [6.07, 6.45) is 7.17. The third-order valence-electron chi connectivity index (χ3n) is 7.17. The van der Waals surface area contributed by atoms with Crippen molar-refractivity contribution in [2.24, 2.45) is 23.7 Å². The van der Waals surface area contributed by atoms with Crippen LogP contribution >= 0.6 is 0 Å². The molecule has 0 radical (unpaired) electrons. The van der Waals surface area contributed by atoms with Crippen molar-refractivity contribution in [1.29, 1.82) is 0 Å². The summed E-state index contributed by atoms with van der Waals surface area (Å²) in [4.78, 5) is 0. The highest BCUT2D eigenvalue weighted by atomic mass is 16.7. The molecule has 6 unspecified atom stereocenters. The molecule has 0 aromatic heterocycles. The van der Waals surface area contributed by atoms with E-state index in [-0.39, 0.29) is 12.5 Å². The summed E-state index contributed by atoms with van der Waals surface area (Å²) in [5.74, 6) is 5.17. The molecule has 1 aromatic carbocycles. The van der Waals surface area contributed by atoms with E-state index in [0.29, 0.717) is 31.0 Å². The zero-order valence-electron chi connectivity index (χ0n) is 17.0. The van der Waals surface area contributed by atoms with Gasteiger partial charge in [-0.05, 0) is 24.7 Å². The van der Waals surface area contributed by atoms with Crippen LogP contribution in [0.1, 0.15) is 38.8 Å². The molecule has 0 amide bonds. The Morgan fingerprint density at radius 1 is 1.04 bits per heavy atom. The van der Waals surface area contributed by atoms with Gasteiger partial charge in [0.15, 0.2) is 0 Å². The fraction of sp³-hybridized carbons (Fsp3) is 0.652. The molecule has 0 N–H and O–H groups in total. The molecule has 1 aromatic rings. The van der Waals surface area contributed by atoms with Gasteiger partial charge in [0.25, 0.3) is 0 Å². The van der Waals surface area contributed by atoms with Crippen molar-refractivity contribution in [3.63, 3.8) is 0 Å². The second-order valence-electron chi connectivity index (χ2n) is 9.09. The number of hydrogen-bond acceptors (Lipinski definition) is 5. The first kappa shape index (κ1) is 18.1. The maximum Gasteiger partial charge on any atom is 0.211 e. The normalized spacial score (nSPS) is 40.2. The smallest absolute Gasteiger partial charge is 0.211 e. The molecule has 4 heterocycles. The van der Waals surface area contributed by atoms with Gasteiger partial charge in [0, 0.05) is 42.9 Å². The van der Waals surface area contributed by atoms with Crippen LogP contribution in [0.2, 0.25) is 0 Å². The van der Waals surface area contributed by atoms with Crippen LogP contribution in [-0.4, -0.2) is 31.4 Å². The van der Waals surface area contributed by atoms with E-state index >= 15 is 0 Å². The molecule has 5 rings (SSSR count). The molecule has 4 aliphatic rings. The van der Waals surface area contributed by atoms with Crippen molar-refractivity contribution in [3.8, 4) is 29.6 Å². The number of fused-ring (bicyclic) bond motifs is 5. The van der Waals surface area contributed by atoms with Gasteiger partial charge in [-0.15, -0.1) is 6.42 Å². The lowest BCUT2D eigenvalue weighted by Gasteiger charge is -2.43. The minimum Gasteiger partial charge on any atom is -0.480 e. The lowest BCUT2D eigenvalue weighted by Crippen LogP contribution is -2.46. The van der Waals surface area contributed by atoms with E-state index in [1.807, 2.05) is 13.0 Å². The Labute approximate surface area is 166 Å². The first-order chi connectivity index (χ1) is 13.3. The van der Waals surface area contributed by atoms with Crippen molar-refractivity contribution >= 4 is 0 Å². The maximum absolute atomic E-state index is 6.57. The third-order valence-corrected chi connectivity index (χ3v) is 7.17. The van der Waals surface area contributed by atoms with Gasteiger partial charge in [-0.1, -0.05) is 19.8 Å². The van der Waals surface area contributed by atoms with Gasteiger partial charge in [0.1, 0.15) is 23.9 Å². The third kappa shape index (κ3) is 2.47. The molecule has 6 atom stereocenters. The fourth-order valence-corrected chi connectivity index (χ4v) is 5.47. The van der Waals surface area contributed by atoms with Crippen LogP contribution < -0.4 is 14.2 Å². The molecular weight excluding hydrogens is 356 g/mol. The summed E-state index contributed by atoms with van der Waals surface area (Å²) in [5.41, 5.74) is 2.19. The Morgan fingerprint density at radius 2 is 1.64 bits per heavy atom. The number of benzene rings is 1. The van der Waals surface area contributed by atoms with Crippen LogP contribution in [0.15, 0.2) is 6.07 Å². The predicted molar refractivity (Wildman–Crippen MR) is 103 cm³/mol. The van der Waals surface area contributed by atoms with E-state index in [2.05, 4.69) is 26.7 Å². The van der Waals surface area contributed by atoms with Gasteiger partial charge in [0.05, 0.1) is 13.2 Å². The molecule has 28 heavy (non-hydrogen) atoms. The zero-order chi connectivity index (χ0) is 19.7. The summed E-state index contributed by atoms with van der Waals surface area (Å²) >= 11 is 0. The fourth-order valence-electron chi connectivity index (χ4n) is 5.47. The van der Waals surface area contributed by atoms with Crippen LogP contribution in [0.3, 0.4) is 0 Å². The molecule has 5 heteroatoms. The Hall–Kier alpha value is -1.90. The molecule has 2 saturated heterocycles. The molecular formula is C23H28O5. The highest BCUT2D eigenvalue weighted by Gasteiger charge is 2.54. The van der Waals surface area contributed by atoms with Crippen molar-refractivity contribution in [1.82, 2.24) is 0 Å². The highest BCUT2D eigenvalue weighted by Crippen LogP contribution is 2.55. The lowest BCUT2D eigenvalue weighted by atomic mass is 9.78.